The Morgan fingerprint density at radius 2 is 1.48 bits per heavy atom. The minimum absolute atomic E-state index is 0.729. The minimum Gasteiger partial charge on any atom is -0.379 e. The first-order chi connectivity index (χ1) is 10.1. The zero-order valence-corrected chi connectivity index (χ0v) is 14.8. The highest BCUT2D eigenvalue weighted by Gasteiger charge is 2.19. The molecule has 1 fully saturated rings. The second-order valence-corrected chi connectivity index (χ2v) is 7.33. The Bertz CT molecular complexity index is 235. The summed E-state index contributed by atoms with van der Waals surface area (Å²) in [5, 5.41) is 0. The zero-order valence-electron chi connectivity index (χ0n) is 14.8. The fourth-order valence-electron chi connectivity index (χ4n) is 2.87. The van der Waals surface area contributed by atoms with Crippen LogP contribution in [0, 0.1) is 17.8 Å². The first-order valence-electron chi connectivity index (χ1n) is 8.95. The molecule has 126 valence electrons. The third-order valence-electron chi connectivity index (χ3n) is 4.21. The van der Waals surface area contributed by atoms with Gasteiger partial charge in [0.25, 0.3) is 0 Å². The lowest BCUT2D eigenvalue weighted by Crippen LogP contribution is -2.36. The second-order valence-electron chi connectivity index (χ2n) is 7.33. The van der Waals surface area contributed by atoms with E-state index in [1.165, 1.54) is 38.9 Å². The number of ether oxygens (including phenoxy) is 2. The number of hydrogen-bond acceptors (Lipinski definition) is 3. The van der Waals surface area contributed by atoms with Gasteiger partial charge in [-0.1, -0.05) is 27.7 Å². The molecule has 0 unspecified atom stereocenters. The first-order valence-corrected chi connectivity index (χ1v) is 8.95. The van der Waals surface area contributed by atoms with Crippen LogP contribution < -0.4 is 0 Å². The highest BCUT2D eigenvalue weighted by atomic mass is 16.5. The van der Waals surface area contributed by atoms with E-state index in [1.54, 1.807) is 0 Å². The molecule has 0 amide bonds. The van der Waals surface area contributed by atoms with Crippen molar-refractivity contribution in [2.75, 3.05) is 46.1 Å². The van der Waals surface area contributed by atoms with Crippen molar-refractivity contribution in [3.8, 4) is 0 Å². The van der Waals surface area contributed by atoms with Crippen molar-refractivity contribution in [2.24, 2.45) is 17.8 Å². The highest BCUT2D eigenvalue weighted by molar-refractivity contribution is 4.72. The van der Waals surface area contributed by atoms with Crippen molar-refractivity contribution in [3.05, 3.63) is 0 Å². The lowest BCUT2D eigenvalue weighted by Gasteiger charge is -2.32. The van der Waals surface area contributed by atoms with Gasteiger partial charge in [0.1, 0.15) is 0 Å². The van der Waals surface area contributed by atoms with E-state index in [-0.39, 0.29) is 0 Å². The number of hydrogen-bond donors (Lipinski definition) is 0. The van der Waals surface area contributed by atoms with Gasteiger partial charge in [0.05, 0.1) is 13.2 Å². The molecule has 0 radical (unpaired) electrons. The number of nitrogens with zero attached hydrogens (tertiary/aromatic N) is 1. The van der Waals surface area contributed by atoms with Crippen LogP contribution in [0.25, 0.3) is 0 Å². The lowest BCUT2D eigenvalue weighted by molar-refractivity contribution is 0.0356. The monoisotopic (exact) mass is 299 g/mol. The zero-order chi connectivity index (χ0) is 15.5. The van der Waals surface area contributed by atoms with Gasteiger partial charge in [0.2, 0.25) is 0 Å². The van der Waals surface area contributed by atoms with Crippen LogP contribution >= 0.6 is 0 Å². The Kier molecular flexibility index (Phi) is 10.3. The molecule has 1 aliphatic heterocycles. The Morgan fingerprint density at radius 1 is 0.857 bits per heavy atom. The molecule has 0 bridgehead atoms. The van der Waals surface area contributed by atoms with E-state index in [0.717, 1.165) is 50.6 Å². The third-order valence-corrected chi connectivity index (χ3v) is 4.21. The normalized spacial score (nSPS) is 18.0. The highest BCUT2D eigenvalue weighted by Crippen LogP contribution is 2.21. The van der Waals surface area contributed by atoms with Gasteiger partial charge in [-0.3, -0.25) is 0 Å². The summed E-state index contributed by atoms with van der Waals surface area (Å²) >= 11 is 0. The van der Waals surface area contributed by atoms with Crippen LogP contribution in [-0.4, -0.2) is 51.0 Å². The molecule has 0 saturated carbocycles. The largest absolute Gasteiger partial charge is 0.379 e. The maximum atomic E-state index is 5.70. The molecule has 0 atom stereocenters. The average Bonchev–Trinajstić information content (AvgIpc) is 2.42. The molecule has 1 rings (SSSR count). The average molecular weight is 299 g/mol. The lowest BCUT2D eigenvalue weighted by atomic mass is 9.93. The van der Waals surface area contributed by atoms with Crippen molar-refractivity contribution < 1.29 is 9.47 Å². The minimum atomic E-state index is 0.729. The van der Waals surface area contributed by atoms with E-state index in [4.69, 9.17) is 9.47 Å². The number of rotatable bonds is 11. The molecule has 0 aromatic heterocycles. The van der Waals surface area contributed by atoms with Crippen LogP contribution in [0.3, 0.4) is 0 Å². The molecule has 0 spiro atoms. The van der Waals surface area contributed by atoms with Crippen LogP contribution in [0.1, 0.15) is 53.4 Å². The van der Waals surface area contributed by atoms with E-state index in [1.807, 2.05) is 0 Å². The number of piperidine rings is 1. The van der Waals surface area contributed by atoms with E-state index >= 15 is 0 Å². The van der Waals surface area contributed by atoms with E-state index in [9.17, 15) is 0 Å². The van der Waals surface area contributed by atoms with Crippen LogP contribution in [0.2, 0.25) is 0 Å². The molecule has 0 aromatic carbocycles. The summed E-state index contributed by atoms with van der Waals surface area (Å²) in [5.74, 6) is 2.39. The standard InChI is InChI=1S/C18H37NO2/c1-16(2)7-11-20-13-14-21-12-8-18-5-9-19(10-6-18)15-17(3)4/h16-18H,5-15H2,1-4H3. The molecule has 0 N–H and O–H groups in total. The summed E-state index contributed by atoms with van der Waals surface area (Å²) in [7, 11) is 0. The van der Waals surface area contributed by atoms with Crippen LogP contribution in [0.15, 0.2) is 0 Å². The van der Waals surface area contributed by atoms with Gasteiger partial charge >= 0.3 is 0 Å². The van der Waals surface area contributed by atoms with Crippen molar-refractivity contribution in [3.63, 3.8) is 0 Å². The van der Waals surface area contributed by atoms with Crippen molar-refractivity contribution in [1.29, 1.82) is 0 Å². The molecule has 1 saturated heterocycles. The quantitative estimate of drug-likeness (QED) is 0.541. The van der Waals surface area contributed by atoms with Gasteiger partial charge in [-0.05, 0) is 56.5 Å². The summed E-state index contributed by atoms with van der Waals surface area (Å²) in [5.41, 5.74) is 0. The van der Waals surface area contributed by atoms with Gasteiger partial charge in [0.15, 0.2) is 0 Å². The maximum Gasteiger partial charge on any atom is 0.0700 e. The summed E-state index contributed by atoms with van der Waals surface area (Å²) in [6.45, 7) is 16.2. The van der Waals surface area contributed by atoms with Crippen LogP contribution in [0.5, 0.6) is 0 Å². The van der Waals surface area contributed by atoms with Crippen molar-refractivity contribution in [2.45, 2.75) is 53.4 Å². The van der Waals surface area contributed by atoms with E-state index in [2.05, 4.69) is 32.6 Å². The third kappa shape index (κ3) is 10.3. The summed E-state index contributed by atoms with van der Waals surface area (Å²) in [6.07, 6.45) is 5.07. The summed E-state index contributed by atoms with van der Waals surface area (Å²) < 4.78 is 11.3. The SMILES string of the molecule is CC(C)CCOCCOCCC1CCN(CC(C)C)CC1. The van der Waals surface area contributed by atoms with Gasteiger partial charge in [-0.25, -0.2) is 0 Å². The van der Waals surface area contributed by atoms with Gasteiger partial charge in [-0.15, -0.1) is 0 Å². The van der Waals surface area contributed by atoms with E-state index in [0.29, 0.717) is 0 Å². The fourth-order valence-corrected chi connectivity index (χ4v) is 2.87. The molecule has 1 heterocycles. The first kappa shape index (κ1) is 18.9. The molecular weight excluding hydrogens is 262 g/mol. The van der Waals surface area contributed by atoms with Crippen LogP contribution in [0.4, 0.5) is 0 Å². The Morgan fingerprint density at radius 3 is 2.05 bits per heavy atom. The molecule has 1 aliphatic rings. The second kappa shape index (κ2) is 11.4. The van der Waals surface area contributed by atoms with Crippen LogP contribution in [-0.2, 0) is 9.47 Å². The summed E-state index contributed by atoms with van der Waals surface area (Å²) in [6, 6.07) is 0. The molecule has 21 heavy (non-hydrogen) atoms. The van der Waals surface area contributed by atoms with Crippen molar-refractivity contribution >= 4 is 0 Å². The topological polar surface area (TPSA) is 21.7 Å². The Hall–Kier alpha value is -0.120. The van der Waals surface area contributed by atoms with Crippen molar-refractivity contribution in [1.82, 2.24) is 4.90 Å². The molecular formula is C18H37NO2. The Labute approximate surface area is 132 Å². The van der Waals surface area contributed by atoms with Gasteiger partial charge in [-0.2, -0.15) is 0 Å². The molecule has 0 aliphatic carbocycles. The molecule has 0 aromatic rings. The smallest absolute Gasteiger partial charge is 0.0700 e. The Balaban J connectivity index is 1.88. The molecule has 3 nitrogen and oxygen atoms in total. The predicted molar refractivity (Wildman–Crippen MR) is 89.7 cm³/mol. The predicted octanol–water partition coefficient (Wildman–Crippen LogP) is 3.82. The van der Waals surface area contributed by atoms with Gasteiger partial charge in [0, 0.05) is 19.8 Å². The summed E-state index contributed by atoms with van der Waals surface area (Å²) in [4.78, 5) is 2.62. The van der Waals surface area contributed by atoms with Gasteiger partial charge < -0.3 is 14.4 Å². The maximum absolute atomic E-state index is 5.70. The number of likely N-dealkylation sites (tertiary alicyclic amines) is 1. The fraction of sp³-hybridized carbons (Fsp3) is 1.00. The van der Waals surface area contributed by atoms with E-state index < -0.39 is 0 Å². The molecule has 3 heteroatoms.